The van der Waals surface area contributed by atoms with Crippen LogP contribution in [0, 0.1) is 0 Å². The molecular weight excluding hydrogens is 193 g/mol. The normalized spacial score (nSPS) is 17.9. The second kappa shape index (κ2) is 4.28. The van der Waals surface area contributed by atoms with E-state index in [1.54, 1.807) is 30.3 Å². The molecular formula is C10H9F3O. The second-order valence-corrected chi connectivity index (χ2v) is 2.63. The summed E-state index contributed by atoms with van der Waals surface area (Å²) in [5.74, 6) is 0. The Morgan fingerprint density at radius 3 is 2.36 bits per heavy atom. The Labute approximate surface area is 80.9 Å². The summed E-state index contributed by atoms with van der Waals surface area (Å²) in [4.78, 5) is 0. The first-order chi connectivity index (χ1) is 6.83. The predicted molar refractivity (Wildman–Crippen MR) is 47.5 cm³/mol. The van der Waals surface area contributed by atoms with Crippen molar-refractivity contribution in [2.45, 2.75) is 12.3 Å². The van der Waals surface area contributed by atoms with Gasteiger partial charge in [-0.1, -0.05) is 36.4 Å². The van der Waals surface area contributed by atoms with Crippen LogP contribution >= 0.6 is 0 Å². The van der Waals surface area contributed by atoms with Crippen molar-refractivity contribution in [2.75, 3.05) is 0 Å². The molecule has 0 radical (unpaired) electrons. The molecule has 0 heterocycles. The van der Waals surface area contributed by atoms with E-state index in [1.165, 1.54) is 0 Å². The highest BCUT2D eigenvalue weighted by molar-refractivity contribution is 5.49. The van der Waals surface area contributed by atoms with Gasteiger partial charge in [0, 0.05) is 0 Å². The lowest BCUT2D eigenvalue weighted by molar-refractivity contribution is -0.187. The zero-order valence-corrected chi connectivity index (χ0v) is 7.12. The molecule has 0 aliphatic carbocycles. The maximum absolute atomic E-state index is 12.0. The lowest BCUT2D eigenvalue weighted by Crippen LogP contribution is -2.25. The van der Waals surface area contributed by atoms with Gasteiger partial charge in [0.15, 0.2) is 6.08 Å². The smallest absolute Gasteiger partial charge is 0.380 e. The number of alkyl halides is 3. The molecule has 1 N–H and O–H groups in total. The molecule has 14 heavy (non-hydrogen) atoms. The third-order valence-corrected chi connectivity index (χ3v) is 1.52. The van der Waals surface area contributed by atoms with Gasteiger partial charge in [0.2, 0.25) is 0 Å². The van der Waals surface area contributed by atoms with E-state index in [1.807, 2.05) is 0 Å². The summed E-state index contributed by atoms with van der Waals surface area (Å²) in [5, 5.41) is 8.77. The molecule has 0 aliphatic heterocycles. The average molecular weight is 203 g/mol. The lowest BCUT2D eigenvalue weighted by Gasteiger charge is -2.09. The van der Waals surface area contributed by atoms with Gasteiger partial charge in [-0.2, -0.15) is 13.2 Å². The number of halogens is 3. The molecule has 1 aromatic rings. The maximum atomic E-state index is 12.0. The Bertz CT molecular complexity index is 343. The van der Waals surface area contributed by atoms with E-state index in [4.69, 9.17) is 6.48 Å². The molecule has 1 atom stereocenters. The first kappa shape index (κ1) is 9.27. The van der Waals surface area contributed by atoms with Crippen LogP contribution in [0.25, 0.3) is 6.08 Å². The third kappa shape index (κ3) is 3.22. The van der Waals surface area contributed by atoms with E-state index in [9.17, 15) is 13.2 Å². The van der Waals surface area contributed by atoms with Crippen molar-refractivity contribution >= 4 is 6.08 Å². The number of benzene rings is 1. The minimum Gasteiger partial charge on any atom is -0.380 e. The zero-order valence-electron chi connectivity index (χ0n) is 8.12. The Hall–Kier alpha value is -1.29. The SMILES string of the molecule is [2H]C(O)(/C=C/c1ccccc1)C(F)(F)F. The molecule has 0 spiro atoms. The summed E-state index contributed by atoms with van der Waals surface area (Å²) in [6.07, 6.45) is -7.07. The number of hydrogen-bond donors (Lipinski definition) is 1. The van der Waals surface area contributed by atoms with Gasteiger partial charge < -0.3 is 5.11 Å². The lowest BCUT2D eigenvalue weighted by atomic mass is 10.2. The first-order valence-corrected chi connectivity index (χ1v) is 3.86. The standard InChI is InChI=1S/C10H9F3O/c11-10(12,13)9(14)7-6-8-4-2-1-3-5-8/h1-7,9,14H/b7-6+/i9D. The van der Waals surface area contributed by atoms with E-state index in [0.717, 1.165) is 6.08 Å². The molecule has 0 bridgehead atoms. The van der Waals surface area contributed by atoms with Gasteiger partial charge in [0.1, 0.15) is 0 Å². The fourth-order valence-electron chi connectivity index (χ4n) is 0.834. The van der Waals surface area contributed by atoms with Gasteiger partial charge in [-0.3, -0.25) is 0 Å². The minimum absolute atomic E-state index is 0.405. The molecule has 1 nitrogen and oxygen atoms in total. The molecule has 1 unspecified atom stereocenters. The molecule has 0 aliphatic rings. The predicted octanol–water partition coefficient (Wildman–Crippen LogP) is 2.62. The highest BCUT2D eigenvalue weighted by Gasteiger charge is 2.35. The first-order valence-electron chi connectivity index (χ1n) is 4.36. The topological polar surface area (TPSA) is 20.2 Å². The second-order valence-electron chi connectivity index (χ2n) is 2.63. The van der Waals surface area contributed by atoms with Crippen LogP contribution in [0.15, 0.2) is 36.4 Å². The number of hydrogen-bond acceptors (Lipinski definition) is 1. The fourth-order valence-corrected chi connectivity index (χ4v) is 0.834. The third-order valence-electron chi connectivity index (χ3n) is 1.52. The van der Waals surface area contributed by atoms with Crippen molar-refractivity contribution in [1.29, 1.82) is 0 Å². The molecule has 0 saturated heterocycles. The van der Waals surface area contributed by atoms with Crippen molar-refractivity contribution in [2.24, 2.45) is 0 Å². The molecule has 1 rings (SSSR count). The fraction of sp³-hybridized carbons (Fsp3) is 0.200. The van der Waals surface area contributed by atoms with Gasteiger partial charge >= 0.3 is 6.18 Å². The largest absolute Gasteiger partial charge is 0.417 e. The van der Waals surface area contributed by atoms with Gasteiger partial charge in [-0.25, -0.2) is 0 Å². The van der Waals surface area contributed by atoms with Crippen LogP contribution in [0.4, 0.5) is 13.2 Å². The Balaban J connectivity index is 2.83. The van der Waals surface area contributed by atoms with Crippen LogP contribution < -0.4 is 0 Å². The van der Waals surface area contributed by atoms with Crippen molar-refractivity contribution in [3.8, 4) is 0 Å². The van der Waals surface area contributed by atoms with Crippen molar-refractivity contribution in [3.05, 3.63) is 42.0 Å². The summed E-state index contributed by atoms with van der Waals surface area (Å²) in [7, 11) is 0. The minimum atomic E-state index is -4.99. The maximum Gasteiger partial charge on any atom is 0.417 e. The quantitative estimate of drug-likeness (QED) is 0.783. The zero-order chi connectivity index (χ0) is 11.5. The van der Waals surface area contributed by atoms with Gasteiger partial charge in [0.05, 0.1) is 1.37 Å². The molecule has 0 amide bonds. The summed E-state index contributed by atoms with van der Waals surface area (Å²) in [6, 6.07) is 8.16. The Kier molecular flexibility index (Phi) is 2.84. The summed E-state index contributed by atoms with van der Waals surface area (Å²) < 4.78 is 42.8. The average Bonchev–Trinajstić information content (AvgIpc) is 2.15. The van der Waals surface area contributed by atoms with Crippen LogP contribution in [0.5, 0.6) is 0 Å². The van der Waals surface area contributed by atoms with Gasteiger partial charge in [0.25, 0.3) is 0 Å². The van der Waals surface area contributed by atoms with Gasteiger partial charge in [-0.05, 0) is 11.6 Å². The van der Waals surface area contributed by atoms with Crippen molar-refractivity contribution in [3.63, 3.8) is 0 Å². The monoisotopic (exact) mass is 203 g/mol. The van der Waals surface area contributed by atoms with E-state index in [0.29, 0.717) is 11.6 Å². The van der Waals surface area contributed by atoms with Crippen molar-refractivity contribution < 1.29 is 19.6 Å². The highest BCUT2D eigenvalue weighted by Crippen LogP contribution is 2.21. The number of rotatable bonds is 2. The Morgan fingerprint density at radius 2 is 1.86 bits per heavy atom. The molecule has 0 saturated carbocycles. The molecule has 0 fully saturated rings. The van der Waals surface area contributed by atoms with Crippen LogP contribution in [0.2, 0.25) is 0 Å². The summed E-state index contributed by atoms with van der Waals surface area (Å²) in [6.45, 7) is 0. The highest BCUT2D eigenvalue weighted by atomic mass is 19.4. The summed E-state index contributed by atoms with van der Waals surface area (Å²) >= 11 is 0. The molecule has 76 valence electrons. The van der Waals surface area contributed by atoms with Crippen LogP contribution in [0.1, 0.15) is 6.93 Å². The van der Waals surface area contributed by atoms with E-state index < -0.39 is 12.3 Å². The Morgan fingerprint density at radius 1 is 1.29 bits per heavy atom. The molecule has 4 heteroatoms. The van der Waals surface area contributed by atoms with E-state index in [-0.39, 0.29) is 0 Å². The summed E-state index contributed by atoms with van der Waals surface area (Å²) in [5.41, 5.74) is 0.493. The molecule has 0 aromatic heterocycles. The van der Waals surface area contributed by atoms with E-state index >= 15 is 0 Å². The molecule has 1 aromatic carbocycles. The number of aliphatic hydroxyl groups is 1. The van der Waals surface area contributed by atoms with Crippen LogP contribution in [-0.4, -0.2) is 17.4 Å². The van der Waals surface area contributed by atoms with Crippen molar-refractivity contribution in [1.82, 2.24) is 0 Å². The van der Waals surface area contributed by atoms with Crippen LogP contribution in [0.3, 0.4) is 0 Å². The van der Waals surface area contributed by atoms with Gasteiger partial charge in [-0.15, -0.1) is 0 Å². The van der Waals surface area contributed by atoms with E-state index in [2.05, 4.69) is 0 Å². The van der Waals surface area contributed by atoms with Crippen LogP contribution in [-0.2, 0) is 0 Å².